The lowest BCUT2D eigenvalue weighted by atomic mass is 9.85. The number of allylic oxidation sites excluding steroid dienone is 2. The molecule has 1 heterocycles. The van der Waals surface area contributed by atoms with Gasteiger partial charge in [0.2, 0.25) is 0 Å². The van der Waals surface area contributed by atoms with Gasteiger partial charge in [0, 0.05) is 17.6 Å². The number of hydrogen-bond donors (Lipinski definition) is 1. The monoisotopic (exact) mass is 360 g/mol. The average Bonchev–Trinajstić information content (AvgIpc) is 2.91. The van der Waals surface area contributed by atoms with Gasteiger partial charge in [-0.25, -0.2) is 9.59 Å². The highest BCUT2D eigenvalue weighted by atomic mass is 16.6. The van der Waals surface area contributed by atoms with Gasteiger partial charge in [-0.15, -0.1) is 0 Å². The molecule has 1 aliphatic heterocycles. The summed E-state index contributed by atoms with van der Waals surface area (Å²) in [4.78, 5) is 35.8. The lowest BCUT2D eigenvalue weighted by Crippen LogP contribution is -2.34. The molecule has 26 heavy (non-hydrogen) atoms. The molecule has 0 bridgehead atoms. The largest absolute Gasteiger partial charge is 0.458 e. The van der Waals surface area contributed by atoms with E-state index in [0.29, 0.717) is 29.6 Å². The van der Waals surface area contributed by atoms with Crippen molar-refractivity contribution in [2.24, 2.45) is 5.92 Å². The van der Waals surface area contributed by atoms with Crippen molar-refractivity contribution < 1.29 is 29.0 Å². The Morgan fingerprint density at radius 3 is 2.85 bits per heavy atom. The molecule has 0 amide bonds. The molecule has 2 rings (SSSR count). The van der Waals surface area contributed by atoms with Gasteiger partial charge in [0.1, 0.15) is 18.5 Å². The van der Waals surface area contributed by atoms with Crippen LogP contribution in [-0.2, 0) is 23.9 Å². The summed E-state index contributed by atoms with van der Waals surface area (Å²) >= 11 is 0. The number of esters is 2. The zero-order valence-corrected chi connectivity index (χ0v) is 15.1. The van der Waals surface area contributed by atoms with E-state index in [-0.39, 0.29) is 18.6 Å². The van der Waals surface area contributed by atoms with Gasteiger partial charge in [0.05, 0.1) is 12.5 Å². The van der Waals surface area contributed by atoms with Crippen LogP contribution in [0.25, 0.3) is 0 Å². The summed E-state index contributed by atoms with van der Waals surface area (Å²) in [6, 6.07) is 0. The quantitative estimate of drug-likeness (QED) is 0.358. The molecule has 6 nitrogen and oxygen atoms in total. The van der Waals surface area contributed by atoms with E-state index in [4.69, 9.17) is 9.47 Å². The molecule has 0 radical (unpaired) electrons. The van der Waals surface area contributed by atoms with E-state index in [9.17, 15) is 19.5 Å². The number of carbonyl (C=O) groups excluding carboxylic acids is 3. The summed E-state index contributed by atoms with van der Waals surface area (Å²) in [6.07, 6.45) is 5.63. The van der Waals surface area contributed by atoms with E-state index in [1.807, 2.05) is 0 Å². The first kappa shape index (κ1) is 19.8. The lowest BCUT2D eigenvalue weighted by Gasteiger charge is -2.27. The van der Waals surface area contributed by atoms with Crippen molar-refractivity contribution in [3.8, 4) is 0 Å². The zero-order valence-electron chi connectivity index (χ0n) is 15.1. The SMILES string of the molecule is C=C1C(=O)O[C@@H]2/C=C(\CO)CC/C=C(/C=O)C[C@H](OC(=O)/C(C)=C\C)[C@@H]12. The highest BCUT2D eigenvalue weighted by molar-refractivity contribution is 5.92. The van der Waals surface area contributed by atoms with E-state index in [0.717, 1.165) is 6.29 Å². The van der Waals surface area contributed by atoms with Gasteiger partial charge in [-0.1, -0.05) is 18.7 Å². The topological polar surface area (TPSA) is 89.9 Å². The van der Waals surface area contributed by atoms with Crippen LogP contribution in [0.4, 0.5) is 0 Å². The number of fused-ring (bicyclic) bond motifs is 1. The first-order valence-corrected chi connectivity index (χ1v) is 8.59. The van der Waals surface area contributed by atoms with Crippen LogP contribution in [0.1, 0.15) is 33.1 Å². The van der Waals surface area contributed by atoms with Gasteiger partial charge in [0.15, 0.2) is 0 Å². The Morgan fingerprint density at radius 2 is 2.23 bits per heavy atom. The van der Waals surface area contributed by atoms with Gasteiger partial charge in [-0.3, -0.25) is 4.79 Å². The van der Waals surface area contributed by atoms with Crippen LogP contribution in [0.5, 0.6) is 0 Å². The van der Waals surface area contributed by atoms with E-state index < -0.39 is 30.1 Å². The number of aliphatic hydroxyl groups excluding tert-OH is 1. The molecule has 0 aromatic heterocycles. The maximum atomic E-state index is 12.3. The molecular formula is C20H24O6. The third-order valence-corrected chi connectivity index (χ3v) is 4.74. The van der Waals surface area contributed by atoms with E-state index in [1.54, 1.807) is 32.1 Å². The second-order valence-corrected chi connectivity index (χ2v) is 6.46. The lowest BCUT2D eigenvalue weighted by molar-refractivity contribution is -0.147. The summed E-state index contributed by atoms with van der Waals surface area (Å²) < 4.78 is 11.0. The van der Waals surface area contributed by atoms with Crippen molar-refractivity contribution in [2.45, 2.75) is 45.3 Å². The Hall–Kier alpha value is -2.47. The van der Waals surface area contributed by atoms with Gasteiger partial charge < -0.3 is 14.6 Å². The molecule has 0 aromatic carbocycles. The van der Waals surface area contributed by atoms with E-state index in [1.165, 1.54) is 0 Å². The van der Waals surface area contributed by atoms with Crippen LogP contribution in [0.2, 0.25) is 0 Å². The number of aldehydes is 1. The van der Waals surface area contributed by atoms with E-state index >= 15 is 0 Å². The minimum Gasteiger partial charge on any atom is -0.458 e. The molecule has 140 valence electrons. The first-order chi connectivity index (χ1) is 12.4. The predicted octanol–water partition coefficient (Wildman–Crippen LogP) is 2.19. The van der Waals surface area contributed by atoms with Gasteiger partial charge in [0.25, 0.3) is 0 Å². The zero-order chi connectivity index (χ0) is 19.3. The van der Waals surface area contributed by atoms with Crippen LogP contribution in [0.3, 0.4) is 0 Å². The highest BCUT2D eigenvalue weighted by Crippen LogP contribution is 2.36. The van der Waals surface area contributed by atoms with Crippen molar-refractivity contribution in [3.05, 3.63) is 47.1 Å². The maximum Gasteiger partial charge on any atom is 0.334 e. The Kier molecular flexibility index (Phi) is 6.69. The fourth-order valence-electron chi connectivity index (χ4n) is 3.07. The molecule has 0 aromatic rings. The van der Waals surface area contributed by atoms with Crippen LogP contribution < -0.4 is 0 Å². The molecule has 2 aliphatic rings. The normalized spacial score (nSPS) is 31.0. The second-order valence-electron chi connectivity index (χ2n) is 6.46. The number of carbonyl (C=O) groups is 3. The summed E-state index contributed by atoms with van der Waals surface area (Å²) in [6.45, 7) is 6.96. The molecule has 3 atom stereocenters. The maximum absolute atomic E-state index is 12.3. The molecule has 1 N–H and O–H groups in total. The second kappa shape index (κ2) is 8.76. The summed E-state index contributed by atoms with van der Waals surface area (Å²) in [5, 5.41) is 9.55. The van der Waals surface area contributed by atoms with Crippen molar-refractivity contribution in [1.82, 2.24) is 0 Å². The number of hydrogen-bond acceptors (Lipinski definition) is 6. The minimum absolute atomic E-state index is 0.172. The summed E-state index contributed by atoms with van der Waals surface area (Å²) in [5.74, 6) is -1.69. The Balaban J connectivity index is 2.45. The fourth-order valence-corrected chi connectivity index (χ4v) is 3.07. The summed E-state index contributed by atoms with van der Waals surface area (Å²) in [7, 11) is 0. The van der Waals surface area contributed by atoms with Crippen molar-refractivity contribution in [2.75, 3.05) is 6.61 Å². The number of rotatable bonds is 4. The average molecular weight is 360 g/mol. The van der Waals surface area contributed by atoms with Crippen LogP contribution in [-0.4, -0.2) is 42.1 Å². The third-order valence-electron chi connectivity index (χ3n) is 4.74. The summed E-state index contributed by atoms with van der Waals surface area (Å²) in [5.41, 5.74) is 1.80. The van der Waals surface area contributed by atoms with Gasteiger partial charge in [-0.05, 0) is 43.9 Å². The van der Waals surface area contributed by atoms with Crippen molar-refractivity contribution >= 4 is 18.2 Å². The minimum atomic E-state index is -0.771. The Bertz CT molecular complexity index is 697. The molecule has 0 unspecified atom stereocenters. The van der Waals surface area contributed by atoms with Crippen LogP contribution >= 0.6 is 0 Å². The predicted molar refractivity (Wildman–Crippen MR) is 95.0 cm³/mol. The first-order valence-electron chi connectivity index (χ1n) is 8.59. The van der Waals surface area contributed by atoms with Gasteiger partial charge >= 0.3 is 11.9 Å². The molecule has 0 saturated carbocycles. The van der Waals surface area contributed by atoms with Gasteiger partial charge in [-0.2, -0.15) is 0 Å². The third kappa shape index (κ3) is 4.38. The van der Waals surface area contributed by atoms with Crippen LogP contribution in [0.15, 0.2) is 47.1 Å². The van der Waals surface area contributed by atoms with Crippen LogP contribution in [0, 0.1) is 5.92 Å². The molecule has 1 saturated heterocycles. The Morgan fingerprint density at radius 1 is 1.50 bits per heavy atom. The van der Waals surface area contributed by atoms with Crippen molar-refractivity contribution in [1.29, 1.82) is 0 Å². The molecule has 1 aliphatic carbocycles. The number of ether oxygens (including phenoxy) is 2. The number of aliphatic hydroxyl groups is 1. The highest BCUT2D eigenvalue weighted by Gasteiger charge is 2.44. The fraction of sp³-hybridized carbons (Fsp3) is 0.450. The molecule has 6 heteroatoms. The van der Waals surface area contributed by atoms with Crippen molar-refractivity contribution in [3.63, 3.8) is 0 Å². The molecular weight excluding hydrogens is 336 g/mol. The Labute approximate surface area is 152 Å². The van der Waals surface area contributed by atoms with E-state index in [2.05, 4.69) is 6.58 Å². The molecule has 0 spiro atoms. The smallest absolute Gasteiger partial charge is 0.334 e. The standard InChI is InChI=1S/C20H24O6/c1-4-12(2)19(23)25-16-8-14(10-21)6-5-7-15(11-22)9-17-18(16)13(3)20(24)26-17/h4,6,9-10,16-18,22H,3,5,7-8,11H2,1-2H3/b12-4-,14-6+,15-9-/t16-,17+,18+/m0/s1. The molecule has 1 fully saturated rings.